The molecule has 0 unspecified atom stereocenters. The van der Waals surface area contributed by atoms with E-state index in [1.54, 1.807) is 0 Å². The van der Waals surface area contributed by atoms with Gasteiger partial charge in [-0.2, -0.15) is 9.98 Å². The van der Waals surface area contributed by atoms with E-state index in [2.05, 4.69) is 15.0 Å². The third-order valence-electron chi connectivity index (χ3n) is 2.15. The van der Waals surface area contributed by atoms with Crippen molar-refractivity contribution in [1.82, 2.24) is 4.90 Å². The molecule has 0 aromatic rings. The number of aliphatic imine (C=N–C) groups is 3. The number of carbonyl (C=O) groups excluding carboxylic acids is 3. The fraction of sp³-hybridized carbons (Fsp3) is 0.333. The molecule has 0 spiro atoms. The van der Waals surface area contributed by atoms with Crippen molar-refractivity contribution < 1.29 is 14.4 Å². The minimum atomic E-state index is -0.580. The second-order valence-corrected chi connectivity index (χ2v) is 3.35. The molecule has 0 fully saturated rings. The van der Waals surface area contributed by atoms with Crippen molar-refractivity contribution in [3.05, 3.63) is 0 Å². The van der Waals surface area contributed by atoms with E-state index in [0.717, 1.165) is 6.34 Å². The summed E-state index contributed by atoms with van der Waals surface area (Å²) in [6, 6.07) is -0.575. The summed E-state index contributed by atoms with van der Waals surface area (Å²) in [7, 11) is 0. The van der Waals surface area contributed by atoms with E-state index < -0.39 is 11.9 Å². The third kappa shape index (κ3) is 1.67. The maximum absolute atomic E-state index is 11.4. The molecule has 2 heterocycles. The van der Waals surface area contributed by atoms with Crippen LogP contribution in [0.2, 0.25) is 0 Å². The van der Waals surface area contributed by atoms with E-state index in [4.69, 9.17) is 0 Å². The number of fused-ring (bicyclic) bond motifs is 1. The van der Waals surface area contributed by atoms with Gasteiger partial charge in [-0.1, -0.05) is 0 Å². The Morgan fingerprint density at radius 2 is 2.19 bits per heavy atom. The lowest BCUT2D eigenvalue weighted by molar-refractivity contribution is -0.117. The first-order valence-electron chi connectivity index (χ1n) is 4.64. The van der Waals surface area contributed by atoms with Crippen LogP contribution in [0.1, 0.15) is 13.3 Å². The lowest BCUT2D eigenvalue weighted by Gasteiger charge is -2.15. The summed E-state index contributed by atoms with van der Waals surface area (Å²) < 4.78 is 0. The van der Waals surface area contributed by atoms with Gasteiger partial charge in [0.2, 0.25) is 0 Å². The van der Waals surface area contributed by atoms with E-state index in [1.165, 1.54) is 11.8 Å². The number of carbonyl (C=O) groups is 3. The summed E-state index contributed by atoms with van der Waals surface area (Å²) in [5.41, 5.74) is -0.0453. The smallest absolute Gasteiger partial charge is 0.300 e. The molecule has 0 saturated carbocycles. The molecule has 82 valence electrons. The first-order valence-corrected chi connectivity index (χ1v) is 4.64. The molecular formula is C9H8N4O3. The van der Waals surface area contributed by atoms with Gasteiger partial charge in [-0.15, -0.1) is 0 Å². The highest BCUT2D eigenvalue weighted by Crippen LogP contribution is 2.12. The van der Waals surface area contributed by atoms with Crippen LogP contribution < -0.4 is 0 Å². The summed E-state index contributed by atoms with van der Waals surface area (Å²) in [6.45, 7) is 1.61. The third-order valence-corrected chi connectivity index (χ3v) is 2.15. The average molecular weight is 220 g/mol. The molecular weight excluding hydrogens is 212 g/mol. The van der Waals surface area contributed by atoms with Gasteiger partial charge in [0.15, 0.2) is 11.5 Å². The van der Waals surface area contributed by atoms with E-state index in [0.29, 0.717) is 0 Å². The molecule has 0 aromatic heterocycles. The molecule has 0 saturated heterocycles. The molecule has 0 atom stereocenters. The van der Waals surface area contributed by atoms with Crippen molar-refractivity contribution in [3.63, 3.8) is 0 Å². The van der Waals surface area contributed by atoms with Gasteiger partial charge >= 0.3 is 11.9 Å². The first-order chi connectivity index (χ1) is 7.59. The van der Waals surface area contributed by atoms with Crippen molar-refractivity contribution in [3.8, 4) is 0 Å². The highest BCUT2D eigenvalue weighted by atomic mass is 16.2. The first kappa shape index (κ1) is 10.3. The van der Waals surface area contributed by atoms with Gasteiger partial charge in [0, 0.05) is 13.0 Å². The minimum absolute atomic E-state index is 0.0438. The van der Waals surface area contributed by atoms with Crippen LogP contribution in [0.4, 0.5) is 4.79 Å². The highest BCUT2D eigenvalue weighted by molar-refractivity contribution is 6.71. The van der Waals surface area contributed by atoms with Crippen LogP contribution in [0.25, 0.3) is 0 Å². The summed E-state index contributed by atoms with van der Waals surface area (Å²) in [5.74, 6) is -0.437. The molecule has 0 N–H and O–H groups in total. The number of urea groups is 1. The topological polar surface area (TPSA) is 91.5 Å². The Bertz CT molecular complexity index is 475. The van der Waals surface area contributed by atoms with Crippen LogP contribution in [0, 0.1) is 0 Å². The fourth-order valence-corrected chi connectivity index (χ4v) is 1.37. The largest absolute Gasteiger partial charge is 0.350 e. The van der Waals surface area contributed by atoms with Crippen LogP contribution >= 0.6 is 0 Å². The van der Waals surface area contributed by atoms with Gasteiger partial charge in [0.25, 0.3) is 0 Å². The van der Waals surface area contributed by atoms with Gasteiger partial charge in [-0.25, -0.2) is 9.79 Å². The second-order valence-electron chi connectivity index (χ2n) is 3.35. The zero-order valence-electron chi connectivity index (χ0n) is 8.51. The summed E-state index contributed by atoms with van der Waals surface area (Å²) in [5, 5.41) is 0. The van der Waals surface area contributed by atoms with Crippen molar-refractivity contribution in [1.29, 1.82) is 0 Å². The number of hydrogen-bond donors (Lipinski definition) is 0. The zero-order valence-corrected chi connectivity index (χ0v) is 8.51. The van der Waals surface area contributed by atoms with E-state index >= 15 is 0 Å². The fourth-order valence-electron chi connectivity index (χ4n) is 1.37. The Labute approximate surface area is 90.6 Å². The number of Topliss-reactive ketones (excluding diaryl/α,β-unsaturated/α-hetero) is 1. The van der Waals surface area contributed by atoms with E-state index in [9.17, 15) is 14.4 Å². The van der Waals surface area contributed by atoms with Gasteiger partial charge in [0.05, 0.1) is 0 Å². The van der Waals surface area contributed by atoms with Crippen molar-refractivity contribution in [2.24, 2.45) is 15.0 Å². The lowest BCUT2D eigenvalue weighted by atomic mass is 10.2. The minimum Gasteiger partial charge on any atom is -0.300 e. The zero-order chi connectivity index (χ0) is 11.7. The van der Waals surface area contributed by atoms with Crippen molar-refractivity contribution in [2.75, 3.05) is 6.54 Å². The Morgan fingerprint density at radius 1 is 1.44 bits per heavy atom. The van der Waals surface area contributed by atoms with Crippen LogP contribution in [0.3, 0.4) is 0 Å². The van der Waals surface area contributed by atoms with E-state index in [1.807, 2.05) is 0 Å². The molecule has 7 nitrogen and oxygen atoms in total. The van der Waals surface area contributed by atoms with Gasteiger partial charge in [-0.3, -0.25) is 14.5 Å². The molecule has 2 aliphatic heterocycles. The number of rotatable bonds is 3. The maximum Gasteiger partial charge on any atom is 0.350 e. The van der Waals surface area contributed by atoms with Crippen molar-refractivity contribution in [2.45, 2.75) is 13.3 Å². The normalized spacial score (nSPS) is 18.4. The number of hydrogen-bond acceptors (Lipinski definition) is 4. The number of amides is 3. The molecule has 16 heavy (non-hydrogen) atoms. The number of nitrogens with zero attached hydrogens (tertiary/aromatic N) is 4. The van der Waals surface area contributed by atoms with Crippen LogP contribution in [-0.2, 0) is 9.59 Å². The molecule has 2 rings (SSSR count). The number of amidine groups is 1. The molecule has 7 heteroatoms. The van der Waals surface area contributed by atoms with Gasteiger partial charge in [0.1, 0.15) is 12.1 Å². The lowest BCUT2D eigenvalue weighted by Crippen LogP contribution is -2.37. The predicted octanol–water partition coefficient (Wildman–Crippen LogP) is -0.191. The predicted molar refractivity (Wildman–Crippen MR) is 55.8 cm³/mol. The Hall–Kier alpha value is -2.18. The van der Waals surface area contributed by atoms with Crippen LogP contribution in [-0.4, -0.2) is 47.1 Å². The Balaban J connectivity index is 2.21. The van der Waals surface area contributed by atoms with Crippen molar-refractivity contribution >= 4 is 35.6 Å². The second kappa shape index (κ2) is 3.76. The summed E-state index contributed by atoms with van der Waals surface area (Å²) >= 11 is 0. The standard InChI is InChI=1S/C9H8N4O3/c1-5(14)2-3-13-7-6(12-9(13)16)8(15)11-4-10-7/h4H,2-3H2,1H3. The molecule has 3 amide bonds. The quantitative estimate of drug-likeness (QED) is 0.659. The van der Waals surface area contributed by atoms with Crippen LogP contribution in [0.5, 0.6) is 0 Å². The molecule has 0 aliphatic carbocycles. The Morgan fingerprint density at radius 3 is 2.88 bits per heavy atom. The molecule has 0 bridgehead atoms. The highest BCUT2D eigenvalue weighted by Gasteiger charge is 2.36. The maximum atomic E-state index is 11.4. The van der Waals surface area contributed by atoms with E-state index in [-0.39, 0.29) is 30.3 Å². The molecule has 0 radical (unpaired) electrons. The summed E-state index contributed by atoms with van der Waals surface area (Å²) in [4.78, 5) is 45.5. The molecule has 2 aliphatic rings. The van der Waals surface area contributed by atoms with Gasteiger partial charge in [-0.05, 0) is 6.92 Å². The number of ketones is 1. The summed E-state index contributed by atoms with van der Waals surface area (Å²) in [6.07, 6.45) is 1.29. The Kier molecular flexibility index (Phi) is 2.43. The monoisotopic (exact) mass is 220 g/mol. The van der Waals surface area contributed by atoms with Crippen LogP contribution in [0.15, 0.2) is 15.0 Å². The van der Waals surface area contributed by atoms with Gasteiger partial charge < -0.3 is 0 Å². The molecule has 0 aromatic carbocycles. The SMILES string of the molecule is CC(=O)CCN1C(=O)N=C2C(=O)N=CN=C21. The average Bonchev–Trinajstić information content (AvgIpc) is 2.53.